The van der Waals surface area contributed by atoms with Crippen molar-refractivity contribution in [3.05, 3.63) is 60.8 Å². The summed E-state index contributed by atoms with van der Waals surface area (Å²) in [7, 11) is 0. The quantitative estimate of drug-likeness (QED) is 0.0269. The average molecular weight is 755 g/mol. The van der Waals surface area contributed by atoms with E-state index in [-0.39, 0.29) is 37.5 Å². The standard InChI is InChI=1S/C48H82O6/c1-4-7-10-13-16-19-22-23-24-27-29-32-35-38-41-47(50)53-44-45(54-48(51)42-39-36-33-30-26-21-18-15-12-9-6-3)43-52-46(49)40-37-34-31-28-25-20-17-14-11-8-5-2/h7,9-10,12,16,18-19,21,30,33,45H,4-6,8,11,13-15,17,20,22-29,31-32,34-44H2,1-3H3/b10-7-,12-9-,19-16-,21-18-,33-30-. The number of esters is 3. The van der Waals surface area contributed by atoms with Gasteiger partial charge in [-0.15, -0.1) is 0 Å². The average Bonchev–Trinajstić information content (AvgIpc) is 3.17. The number of hydrogen-bond donors (Lipinski definition) is 0. The maximum Gasteiger partial charge on any atom is 0.306 e. The van der Waals surface area contributed by atoms with Crippen molar-refractivity contribution in [1.82, 2.24) is 0 Å². The number of ether oxygens (including phenoxy) is 3. The van der Waals surface area contributed by atoms with Gasteiger partial charge in [-0.25, -0.2) is 0 Å². The van der Waals surface area contributed by atoms with Crippen LogP contribution in [0.4, 0.5) is 0 Å². The number of carbonyl (C=O) groups is 3. The fraction of sp³-hybridized carbons (Fsp3) is 0.729. The van der Waals surface area contributed by atoms with Crippen LogP contribution in [-0.4, -0.2) is 37.2 Å². The van der Waals surface area contributed by atoms with Crippen LogP contribution in [0.15, 0.2) is 60.8 Å². The lowest BCUT2D eigenvalue weighted by Gasteiger charge is -2.18. The van der Waals surface area contributed by atoms with Crippen molar-refractivity contribution in [3.8, 4) is 0 Å². The Bertz CT molecular complexity index is 1010. The molecule has 1 atom stereocenters. The summed E-state index contributed by atoms with van der Waals surface area (Å²) in [5.41, 5.74) is 0. The molecule has 0 aromatic rings. The van der Waals surface area contributed by atoms with Crippen molar-refractivity contribution in [2.24, 2.45) is 0 Å². The third-order valence-electron chi connectivity index (χ3n) is 9.27. The fourth-order valence-electron chi connectivity index (χ4n) is 5.97. The zero-order chi connectivity index (χ0) is 39.4. The first-order valence-electron chi connectivity index (χ1n) is 22.3. The van der Waals surface area contributed by atoms with E-state index < -0.39 is 6.10 Å². The van der Waals surface area contributed by atoms with Crippen LogP contribution in [-0.2, 0) is 28.6 Å². The number of unbranched alkanes of at least 4 members (excludes halogenated alkanes) is 18. The Morgan fingerprint density at radius 1 is 0.389 bits per heavy atom. The third-order valence-corrected chi connectivity index (χ3v) is 9.27. The van der Waals surface area contributed by atoms with E-state index in [9.17, 15) is 14.4 Å². The Balaban J connectivity index is 4.43. The minimum absolute atomic E-state index is 0.0960. The molecule has 0 saturated carbocycles. The van der Waals surface area contributed by atoms with E-state index in [2.05, 4.69) is 81.5 Å². The lowest BCUT2D eigenvalue weighted by molar-refractivity contribution is -0.167. The highest BCUT2D eigenvalue weighted by molar-refractivity contribution is 5.71. The van der Waals surface area contributed by atoms with Crippen LogP contribution in [0.3, 0.4) is 0 Å². The molecule has 0 aliphatic carbocycles. The Hall–Kier alpha value is -2.89. The van der Waals surface area contributed by atoms with Crippen molar-refractivity contribution >= 4 is 17.9 Å². The predicted molar refractivity (Wildman–Crippen MR) is 228 cm³/mol. The second-order valence-electron chi connectivity index (χ2n) is 14.5. The second-order valence-corrected chi connectivity index (χ2v) is 14.5. The minimum Gasteiger partial charge on any atom is -0.462 e. The van der Waals surface area contributed by atoms with Crippen LogP contribution in [0, 0.1) is 0 Å². The van der Waals surface area contributed by atoms with Crippen molar-refractivity contribution in [1.29, 1.82) is 0 Å². The summed E-state index contributed by atoms with van der Waals surface area (Å²) in [5, 5.41) is 0. The molecule has 0 heterocycles. The van der Waals surface area contributed by atoms with Gasteiger partial charge in [0.15, 0.2) is 6.10 Å². The summed E-state index contributed by atoms with van der Waals surface area (Å²) in [5.74, 6) is -0.965. The van der Waals surface area contributed by atoms with E-state index in [1.54, 1.807) is 0 Å². The molecular weight excluding hydrogens is 673 g/mol. The molecule has 0 saturated heterocycles. The molecule has 54 heavy (non-hydrogen) atoms. The highest BCUT2D eigenvalue weighted by atomic mass is 16.6. The van der Waals surface area contributed by atoms with Gasteiger partial charge >= 0.3 is 17.9 Å². The molecule has 310 valence electrons. The van der Waals surface area contributed by atoms with E-state index in [4.69, 9.17) is 14.2 Å². The number of rotatable bonds is 39. The maximum absolute atomic E-state index is 12.7. The van der Waals surface area contributed by atoms with E-state index in [0.717, 1.165) is 83.5 Å². The van der Waals surface area contributed by atoms with Crippen molar-refractivity contribution < 1.29 is 28.6 Å². The molecule has 0 radical (unpaired) electrons. The molecule has 6 heteroatoms. The van der Waals surface area contributed by atoms with Crippen LogP contribution >= 0.6 is 0 Å². The minimum atomic E-state index is -0.798. The monoisotopic (exact) mass is 755 g/mol. The molecule has 6 nitrogen and oxygen atoms in total. The first kappa shape index (κ1) is 51.1. The lowest BCUT2D eigenvalue weighted by atomic mass is 10.1. The Morgan fingerprint density at radius 2 is 0.741 bits per heavy atom. The van der Waals surface area contributed by atoms with Gasteiger partial charge < -0.3 is 14.2 Å². The Morgan fingerprint density at radius 3 is 1.19 bits per heavy atom. The molecular formula is C48H82O6. The normalized spacial score (nSPS) is 12.6. The highest BCUT2D eigenvalue weighted by Crippen LogP contribution is 2.14. The van der Waals surface area contributed by atoms with Gasteiger partial charge in [-0.3, -0.25) is 14.4 Å². The lowest BCUT2D eigenvalue weighted by Crippen LogP contribution is -2.30. The molecule has 0 amide bonds. The van der Waals surface area contributed by atoms with Crippen LogP contribution in [0.25, 0.3) is 0 Å². The highest BCUT2D eigenvalue weighted by Gasteiger charge is 2.19. The van der Waals surface area contributed by atoms with Crippen molar-refractivity contribution in [2.75, 3.05) is 13.2 Å². The summed E-state index contributed by atoms with van der Waals surface area (Å²) in [4.78, 5) is 37.6. The van der Waals surface area contributed by atoms with Gasteiger partial charge in [0.05, 0.1) is 0 Å². The van der Waals surface area contributed by atoms with Crippen LogP contribution in [0.2, 0.25) is 0 Å². The van der Waals surface area contributed by atoms with Gasteiger partial charge in [0, 0.05) is 19.3 Å². The first-order valence-corrected chi connectivity index (χ1v) is 22.3. The third kappa shape index (κ3) is 40.3. The molecule has 0 aromatic carbocycles. The molecule has 0 bridgehead atoms. The molecule has 0 rings (SSSR count). The van der Waals surface area contributed by atoms with E-state index in [1.165, 1.54) is 77.0 Å². The van der Waals surface area contributed by atoms with Crippen molar-refractivity contribution in [3.63, 3.8) is 0 Å². The fourth-order valence-corrected chi connectivity index (χ4v) is 5.97. The van der Waals surface area contributed by atoms with Crippen LogP contribution in [0.5, 0.6) is 0 Å². The van der Waals surface area contributed by atoms with E-state index in [0.29, 0.717) is 19.3 Å². The molecule has 0 aliphatic heterocycles. The molecule has 0 N–H and O–H groups in total. The summed E-state index contributed by atoms with van der Waals surface area (Å²) in [6, 6.07) is 0. The number of allylic oxidation sites excluding steroid dienone is 10. The molecule has 0 aromatic heterocycles. The van der Waals surface area contributed by atoms with Gasteiger partial charge in [0.1, 0.15) is 13.2 Å². The van der Waals surface area contributed by atoms with E-state index >= 15 is 0 Å². The summed E-state index contributed by atoms with van der Waals surface area (Å²) in [6.45, 7) is 6.34. The van der Waals surface area contributed by atoms with Gasteiger partial charge in [0.25, 0.3) is 0 Å². The van der Waals surface area contributed by atoms with Gasteiger partial charge in [-0.2, -0.15) is 0 Å². The molecule has 0 fully saturated rings. The van der Waals surface area contributed by atoms with Crippen LogP contribution in [0.1, 0.15) is 207 Å². The largest absolute Gasteiger partial charge is 0.462 e. The first-order chi connectivity index (χ1) is 26.5. The molecule has 0 spiro atoms. The Kier molecular flexibility index (Phi) is 40.6. The molecule has 0 aliphatic rings. The van der Waals surface area contributed by atoms with Gasteiger partial charge in [0.2, 0.25) is 0 Å². The Labute approximate surface area is 332 Å². The van der Waals surface area contributed by atoms with Gasteiger partial charge in [-0.05, 0) is 70.6 Å². The summed E-state index contributed by atoms with van der Waals surface area (Å²) < 4.78 is 16.6. The SMILES string of the molecule is CC/C=C\C/C=C\C/C=C\CCCC(=O)OC(COC(=O)CCCCCCCCC/C=C\C/C=C\CC)COC(=O)CCCCCCCCCCCCC. The second kappa shape index (κ2) is 42.8. The molecule has 1 unspecified atom stereocenters. The topological polar surface area (TPSA) is 78.9 Å². The van der Waals surface area contributed by atoms with Crippen molar-refractivity contribution in [2.45, 2.75) is 213 Å². The van der Waals surface area contributed by atoms with Gasteiger partial charge in [-0.1, -0.05) is 178 Å². The summed E-state index contributed by atoms with van der Waals surface area (Å²) in [6.07, 6.45) is 50.7. The number of hydrogen-bond acceptors (Lipinski definition) is 6. The number of carbonyl (C=O) groups excluding carboxylic acids is 3. The maximum atomic E-state index is 12.7. The van der Waals surface area contributed by atoms with E-state index in [1.807, 2.05) is 0 Å². The zero-order valence-corrected chi connectivity index (χ0v) is 35.2. The zero-order valence-electron chi connectivity index (χ0n) is 35.2. The predicted octanol–water partition coefficient (Wildman–Crippen LogP) is 14.1. The smallest absolute Gasteiger partial charge is 0.306 e. The van der Waals surface area contributed by atoms with Crippen LogP contribution < -0.4 is 0 Å². The summed E-state index contributed by atoms with van der Waals surface area (Å²) >= 11 is 0.